The van der Waals surface area contributed by atoms with Crippen LogP contribution in [-0.2, 0) is 12.6 Å². The molecule has 2 aromatic carbocycles. The number of alkyl halides is 3. The quantitative estimate of drug-likeness (QED) is 0.322. The summed E-state index contributed by atoms with van der Waals surface area (Å²) < 4.78 is 40.3. The van der Waals surface area contributed by atoms with Gasteiger partial charge in [0, 0.05) is 11.3 Å². The summed E-state index contributed by atoms with van der Waals surface area (Å²) in [7, 11) is 0. The summed E-state index contributed by atoms with van der Waals surface area (Å²) in [5, 5.41) is 11.7. The number of amides is 1. The van der Waals surface area contributed by atoms with Crippen molar-refractivity contribution in [2.75, 3.05) is 5.32 Å². The fourth-order valence-corrected chi connectivity index (χ4v) is 4.55. The summed E-state index contributed by atoms with van der Waals surface area (Å²) in [6.45, 7) is 3.38. The van der Waals surface area contributed by atoms with Crippen LogP contribution in [0, 0.1) is 13.8 Å². The molecular formula is C22H16Cl2F3N5OS. The van der Waals surface area contributed by atoms with E-state index in [0.717, 1.165) is 28.3 Å². The van der Waals surface area contributed by atoms with E-state index < -0.39 is 17.6 Å². The minimum atomic E-state index is -4.50. The van der Waals surface area contributed by atoms with Crippen LogP contribution in [0.5, 0.6) is 0 Å². The van der Waals surface area contributed by atoms with E-state index in [1.807, 2.05) is 13.0 Å². The lowest BCUT2D eigenvalue weighted by Crippen LogP contribution is -2.14. The van der Waals surface area contributed by atoms with Crippen LogP contribution in [-0.4, -0.2) is 25.9 Å². The van der Waals surface area contributed by atoms with Crippen molar-refractivity contribution in [1.29, 1.82) is 0 Å². The molecule has 2 aromatic heterocycles. The molecular weight excluding hydrogens is 510 g/mol. The van der Waals surface area contributed by atoms with Gasteiger partial charge in [0.25, 0.3) is 5.91 Å². The van der Waals surface area contributed by atoms with Gasteiger partial charge in [-0.1, -0.05) is 40.5 Å². The SMILES string of the molecule is Cc1nc(NC(=O)c2nnn(-c3cccc(C(F)(F)F)c3)c2C)sc1Cc1ccc(Cl)c(Cl)c1. The van der Waals surface area contributed by atoms with E-state index in [9.17, 15) is 18.0 Å². The summed E-state index contributed by atoms with van der Waals surface area (Å²) in [5.41, 5.74) is 1.29. The number of aryl methyl sites for hydroxylation is 1. The van der Waals surface area contributed by atoms with Gasteiger partial charge in [-0.25, -0.2) is 9.67 Å². The van der Waals surface area contributed by atoms with Crippen molar-refractivity contribution in [2.45, 2.75) is 26.4 Å². The first-order chi connectivity index (χ1) is 16.0. The Morgan fingerprint density at radius 3 is 2.59 bits per heavy atom. The first-order valence-corrected chi connectivity index (χ1v) is 11.4. The summed E-state index contributed by atoms with van der Waals surface area (Å²) in [4.78, 5) is 18.1. The molecule has 0 saturated heterocycles. The lowest BCUT2D eigenvalue weighted by Gasteiger charge is -2.09. The van der Waals surface area contributed by atoms with Gasteiger partial charge in [0.05, 0.1) is 32.7 Å². The zero-order valence-corrected chi connectivity index (χ0v) is 20.1. The van der Waals surface area contributed by atoms with Gasteiger partial charge < -0.3 is 0 Å². The van der Waals surface area contributed by atoms with Gasteiger partial charge in [-0.05, 0) is 49.7 Å². The molecule has 0 atom stereocenters. The number of hydrogen-bond donors (Lipinski definition) is 1. The smallest absolute Gasteiger partial charge is 0.296 e. The molecule has 0 aliphatic heterocycles. The number of nitrogens with zero attached hydrogens (tertiary/aromatic N) is 4. The molecule has 0 saturated carbocycles. The number of carbonyl (C=O) groups excluding carboxylic acids is 1. The minimum absolute atomic E-state index is 0.0173. The minimum Gasteiger partial charge on any atom is -0.296 e. The Bertz CT molecular complexity index is 1380. The zero-order chi connectivity index (χ0) is 24.6. The van der Waals surface area contributed by atoms with Crippen LogP contribution in [0.25, 0.3) is 5.69 Å². The summed E-state index contributed by atoms with van der Waals surface area (Å²) in [6, 6.07) is 9.99. The zero-order valence-electron chi connectivity index (χ0n) is 17.7. The predicted molar refractivity (Wildman–Crippen MR) is 125 cm³/mol. The molecule has 0 spiro atoms. The third-order valence-corrected chi connectivity index (χ3v) is 6.80. The number of halogens is 5. The maximum Gasteiger partial charge on any atom is 0.416 e. The molecule has 4 aromatic rings. The number of carbonyl (C=O) groups is 1. The highest BCUT2D eigenvalue weighted by Gasteiger charge is 2.31. The van der Waals surface area contributed by atoms with E-state index in [0.29, 0.717) is 27.3 Å². The van der Waals surface area contributed by atoms with Gasteiger partial charge in [0.2, 0.25) is 0 Å². The maximum absolute atomic E-state index is 13.0. The monoisotopic (exact) mass is 525 g/mol. The number of benzene rings is 2. The second-order valence-corrected chi connectivity index (χ2v) is 9.29. The van der Waals surface area contributed by atoms with Gasteiger partial charge in [-0.15, -0.1) is 16.4 Å². The highest BCUT2D eigenvalue weighted by atomic mass is 35.5. The van der Waals surface area contributed by atoms with Crippen LogP contribution >= 0.6 is 34.5 Å². The van der Waals surface area contributed by atoms with Crippen molar-refractivity contribution in [3.05, 3.63) is 85.6 Å². The second kappa shape index (κ2) is 9.36. The Balaban J connectivity index is 1.53. The van der Waals surface area contributed by atoms with Crippen molar-refractivity contribution in [3.8, 4) is 5.69 Å². The molecule has 12 heteroatoms. The summed E-state index contributed by atoms with van der Waals surface area (Å²) in [5.74, 6) is -0.564. The van der Waals surface area contributed by atoms with Gasteiger partial charge in [-0.2, -0.15) is 13.2 Å². The Morgan fingerprint density at radius 2 is 1.88 bits per heavy atom. The number of hydrogen-bond acceptors (Lipinski definition) is 5. The number of nitrogens with one attached hydrogen (secondary N) is 1. The second-order valence-electron chi connectivity index (χ2n) is 7.39. The van der Waals surface area contributed by atoms with E-state index in [-0.39, 0.29) is 11.4 Å². The Hall–Kier alpha value is -2.95. The molecule has 1 N–H and O–H groups in total. The predicted octanol–water partition coefficient (Wildman–Crippen LogP) is 6.51. The molecule has 34 heavy (non-hydrogen) atoms. The molecule has 0 aliphatic carbocycles. The topological polar surface area (TPSA) is 72.7 Å². The molecule has 0 radical (unpaired) electrons. The first-order valence-electron chi connectivity index (χ1n) is 9.84. The fourth-order valence-electron chi connectivity index (χ4n) is 3.24. The number of rotatable bonds is 5. The third kappa shape index (κ3) is 5.08. The summed E-state index contributed by atoms with van der Waals surface area (Å²) in [6.07, 6.45) is -3.94. The fraction of sp³-hybridized carbons (Fsp3) is 0.182. The molecule has 0 unspecified atom stereocenters. The molecule has 176 valence electrons. The van der Waals surface area contributed by atoms with E-state index in [4.69, 9.17) is 23.2 Å². The van der Waals surface area contributed by atoms with E-state index in [2.05, 4.69) is 20.6 Å². The number of anilines is 1. The van der Waals surface area contributed by atoms with Crippen molar-refractivity contribution in [3.63, 3.8) is 0 Å². The molecule has 6 nitrogen and oxygen atoms in total. The first kappa shape index (κ1) is 24.2. The van der Waals surface area contributed by atoms with Crippen LogP contribution < -0.4 is 5.32 Å². The Labute approximate surface area is 206 Å². The maximum atomic E-state index is 13.0. The molecule has 0 fully saturated rings. The van der Waals surface area contributed by atoms with Crippen molar-refractivity contribution < 1.29 is 18.0 Å². The third-order valence-electron chi connectivity index (χ3n) is 4.99. The molecule has 4 rings (SSSR count). The highest BCUT2D eigenvalue weighted by molar-refractivity contribution is 7.15. The molecule has 0 bridgehead atoms. The van der Waals surface area contributed by atoms with E-state index in [1.54, 1.807) is 19.1 Å². The Morgan fingerprint density at radius 1 is 1.12 bits per heavy atom. The lowest BCUT2D eigenvalue weighted by molar-refractivity contribution is -0.137. The van der Waals surface area contributed by atoms with Gasteiger partial charge in [0.15, 0.2) is 10.8 Å². The van der Waals surface area contributed by atoms with Crippen LogP contribution in [0.15, 0.2) is 42.5 Å². The van der Waals surface area contributed by atoms with Crippen LogP contribution in [0.4, 0.5) is 18.3 Å². The molecule has 2 heterocycles. The van der Waals surface area contributed by atoms with E-state index in [1.165, 1.54) is 28.2 Å². The molecule has 1 amide bonds. The normalized spacial score (nSPS) is 11.6. The van der Waals surface area contributed by atoms with Crippen LogP contribution in [0.1, 0.15) is 37.9 Å². The largest absolute Gasteiger partial charge is 0.416 e. The van der Waals surface area contributed by atoms with Gasteiger partial charge in [-0.3, -0.25) is 10.1 Å². The van der Waals surface area contributed by atoms with Gasteiger partial charge in [0.1, 0.15) is 0 Å². The molecule has 0 aliphatic rings. The van der Waals surface area contributed by atoms with Crippen LogP contribution in [0.2, 0.25) is 10.0 Å². The van der Waals surface area contributed by atoms with Crippen molar-refractivity contribution in [2.24, 2.45) is 0 Å². The average Bonchev–Trinajstić information content (AvgIpc) is 3.32. The standard InChI is InChI=1S/C22H16Cl2F3N5OS/c1-11-18(9-13-6-7-16(23)17(24)8-13)34-21(28-11)29-20(33)19-12(2)32(31-30-19)15-5-3-4-14(10-15)22(25,26)27/h3-8,10H,9H2,1-2H3,(H,28,29,33). The number of thiazole rings is 1. The average molecular weight is 526 g/mol. The van der Waals surface area contributed by atoms with Crippen molar-refractivity contribution >= 4 is 45.6 Å². The summed E-state index contributed by atoms with van der Waals surface area (Å²) >= 11 is 13.3. The van der Waals surface area contributed by atoms with E-state index >= 15 is 0 Å². The van der Waals surface area contributed by atoms with Crippen LogP contribution in [0.3, 0.4) is 0 Å². The number of aromatic nitrogens is 4. The highest BCUT2D eigenvalue weighted by Crippen LogP contribution is 2.31. The Kier molecular flexibility index (Phi) is 6.66. The van der Waals surface area contributed by atoms with Crippen molar-refractivity contribution in [1.82, 2.24) is 20.0 Å². The lowest BCUT2D eigenvalue weighted by atomic mass is 10.1. The van der Waals surface area contributed by atoms with Gasteiger partial charge >= 0.3 is 6.18 Å².